The normalized spacial score (nSPS) is 20.8. The molecule has 2 heterocycles. The predicted molar refractivity (Wildman–Crippen MR) is 63.3 cm³/mol. The van der Waals surface area contributed by atoms with E-state index < -0.39 is 0 Å². The largest absolute Gasteiger partial charge is 0.376 e. The van der Waals surface area contributed by atoms with E-state index >= 15 is 0 Å². The maximum atomic E-state index is 5.73. The lowest BCUT2D eigenvalue weighted by Gasteiger charge is -2.10. The molecule has 94 valence electrons. The zero-order valence-electron chi connectivity index (χ0n) is 9.96. The summed E-state index contributed by atoms with van der Waals surface area (Å²) in [5.41, 5.74) is 6.54. The molecule has 2 rings (SSSR count). The average Bonchev–Trinajstić information content (AvgIpc) is 2.95. The molecule has 1 atom stereocenters. The number of ether oxygens (including phenoxy) is 1. The highest BCUT2D eigenvalue weighted by molar-refractivity contribution is 5.77. The Hall–Kier alpha value is -1.63. The van der Waals surface area contributed by atoms with Crippen LogP contribution in [0.15, 0.2) is 11.2 Å². The molecule has 0 aromatic carbocycles. The Balaban J connectivity index is 1.73. The number of guanidine groups is 1. The molecule has 17 heavy (non-hydrogen) atoms. The van der Waals surface area contributed by atoms with Crippen molar-refractivity contribution < 1.29 is 4.74 Å². The Labute approximate surface area is 100 Å². The van der Waals surface area contributed by atoms with Crippen molar-refractivity contribution in [1.29, 1.82) is 0 Å². The quantitative estimate of drug-likeness (QED) is 0.540. The van der Waals surface area contributed by atoms with E-state index in [0.717, 1.165) is 31.7 Å². The van der Waals surface area contributed by atoms with Crippen LogP contribution in [0.5, 0.6) is 0 Å². The Morgan fingerprint density at radius 2 is 2.65 bits per heavy atom. The number of nitrogens with zero attached hydrogens (tertiary/aromatic N) is 4. The van der Waals surface area contributed by atoms with E-state index in [1.54, 1.807) is 13.2 Å². The van der Waals surface area contributed by atoms with Gasteiger partial charge in [0.1, 0.15) is 5.69 Å². The molecule has 0 saturated carbocycles. The van der Waals surface area contributed by atoms with Gasteiger partial charge in [-0.1, -0.05) is 0 Å². The first-order valence-corrected chi connectivity index (χ1v) is 5.74. The van der Waals surface area contributed by atoms with Gasteiger partial charge in [0.2, 0.25) is 0 Å². The van der Waals surface area contributed by atoms with Gasteiger partial charge in [0.05, 0.1) is 18.8 Å². The Kier molecular flexibility index (Phi) is 3.92. The van der Waals surface area contributed by atoms with Gasteiger partial charge in [-0.15, -0.1) is 0 Å². The number of aryl methyl sites for hydroxylation is 1. The lowest BCUT2D eigenvalue weighted by molar-refractivity contribution is 0.114. The van der Waals surface area contributed by atoms with E-state index in [1.807, 2.05) is 0 Å². The highest BCUT2D eigenvalue weighted by Crippen LogP contribution is 2.10. The second-order valence-electron chi connectivity index (χ2n) is 4.04. The lowest BCUT2D eigenvalue weighted by atomic mass is 10.2. The Morgan fingerprint density at radius 3 is 3.29 bits per heavy atom. The van der Waals surface area contributed by atoms with Gasteiger partial charge in [0.25, 0.3) is 0 Å². The summed E-state index contributed by atoms with van der Waals surface area (Å²) >= 11 is 0. The Bertz CT molecular complexity index is 382. The summed E-state index contributed by atoms with van der Waals surface area (Å²) in [6, 6.07) is 0. The highest BCUT2D eigenvalue weighted by Gasteiger charge is 2.14. The van der Waals surface area contributed by atoms with Gasteiger partial charge in [-0.25, -0.2) is 4.99 Å². The summed E-state index contributed by atoms with van der Waals surface area (Å²) in [5.74, 6) is 0.422. The minimum absolute atomic E-state index is 0.264. The molecule has 1 aromatic heterocycles. The molecule has 0 amide bonds. The van der Waals surface area contributed by atoms with Crippen LogP contribution in [-0.2, 0) is 18.3 Å². The van der Waals surface area contributed by atoms with Gasteiger partial charge in [-0.2, -0.15) is 15.0 Å². The molecule has 1 aliphatic rings. The number of nitrogens with one attached hydrogen (secondary N) is 1. The third kappa shape index (κ3) is 3.70. The zero-order chi connectivity index (χ0) is 12.1. The van der Waals surface area contributed by atoms with Gasteiger partial charge >= 0.3 is 0 Å². The second kappa shape index (κ2) is 5.62. The van der Waals surface area contributed by atoms with Crippen LogP contribution in [-0.4, -0.2) is 40.2 Å². The molecular weight excluding hydrogens is 220 g/mol. The van der Waals surface area contributed by atoms with Gasteiger partial charge in [-0.05, 0) is 12.8 Å². The van der Waals surface area contributed by atoms with E-state index in [4.69, 9.17) is 10.5 Å². The highest BCUT2D eigenvalue weighted by atomic mass is 16.5. The van der Waals surface area contributed by atoms with Crippen molar-refractivity contribution >= 4 is 5.96 Å². The van der Waals surface area contributed by atoms with Gasteiger partial charge in [0, 0.05) is 20.2 Å². The van der Waals surface area contributed by atoms with E-state index in [2.05, 4.69) is 20.5 Å². The molecule has 7 heteroatoms. The summed E-state index contributed by atoms with van der Waals surface area (Å²) in [6.07, 6.45) is 4.16. The van der Waals surface area contributed by atoms with Gasteiger partial charge in [0.15, 0.2) is 5.96 Å². The number of aromatic nitrogens is 3. The standard InChI is InChI=1S/C10H18N6O/c1-16-14-6-8(15-16)5-12-10(11)13-7-9-3-2-4-17-9/h6,9H,2-5,7H2,1H3,(H3,11,12,13). The molecule has 1 saturated heterocycles. The van der Waals surface area contributed by atoms with Crippen molar-refractivity contribution in [3.05, 3.63) is 11.9 Å². The SMILES string of the molecule is Cn1ncc(CN=C(N)NCC2CCCO2)n1. The summed E-state index contributed by atoms with van der Waals surface area (Å²) in [4.78, 5) is 5.68. The van der Waals surface area contributed by atoms with Crippen LogP contribution >= 0.6 is 0 Å². The number of rotatable bonds is 4. The van der Waals surface area contributed by atoms with Crippen molar-refractivity contribution in [3.8, 4) is 0 Å². The fraction of sp³-hybridized carbons (Fsp3) is 0.700. The Morgan fingerprint density at radius 1 is 1.76 bits per heavy atom. The van der Waals surface area contributed by atoms with Crippen molar-refractivity contribution in [2.45, 2.75) is 25.5 Å². The predicted octanol–water partition coefficient (Wildman–Crippen LogP) is -0.602. The molecule has 1 fully saturated rings. The monoisotopic (exact) mass is 238 g/mol. The minimum Gasteiger partial charge on any atom is -0.376 e. The molecule has 1 aliphatic heterocycles. The van der Waals surface area contributed by atoms with Crippen molar-refractivity contribution in [1.82, 2.24) is 20.3 Å². The van der Waals surface area contributed by atoms with Crippen molar-refractivity contribution in [2.75, 3.05) is 13.2 Å². The van der Waals surface area contributed by atoms with Crippen LogP contribution < -0.4 is 11.1 Å². The molecule has 3 N–H and O–H groups in total. The first-order chi connectivity index (χ1) is 8.24. The van der Waals surface area contributed by atoms with E-state index in [-0.39, 0.29) is 6.10 Å². The smallest absolute Gasteiger partial charge is 0.189 e. The summed E-state index contributed by atoms with van der Waals surface area (Å²) in [6.45, 7) is 2.01. The fourth-order valence-electron chi connectivity index (χ4n) is 1.71. The van der Waals surface area contributed by atoms with Crippen molar-refractivity contribution in [3.63, 3.8) is 0 Å². The molecule has 0 spiro atoms. The van der Waals surface area contributed by atoms with Gasteiger partial charge < -0.3 is 15.8 Å². The van der Waals surface area contributed by atoms with Gasteiger partial charge in [-0.3, -0.25) is 0 Å². The van der Waals surface area contributed by atoms with Crippen LogP contribution in [0.25, 0.3) is 0 Å². The molecule has 1 unspecified atom stereocenters. The number of hydrogen-bond donors (Lipinski definition) is 2. The summed E-state index contributed by atoms with van der Waals surface area (Å²) in [7, 11) is 1.77. The molecule has 7 nitrogen and oxygen atoms in total. The maximum absolute atomic E-state index is 5.73. The lowest BCUT2D eigenvalue weighted by Crippen LogP contribution is -2.37. The third-order valence-electron chi connectivity index (χ3n) is 2.59. The van der Waals surface area contributed by atoms with Crippen LogP contribution in [0.4, 0.5) is 0 Å². The first-order valence-electron chi connectivity index (χ1n) is 5.74. The molecule has 0 bridgehead atoms. The molecule has 0 aliphatic carbocycles. The topological polar surface area (TPSA) is 90.4 Å². The second-order valence-corrected chi connectivity index (χ2v) is 4.04. The van der Waals surface area contributed by atoms with Crippen molar-refractivity contribution in [2.24, 2.45) is 17.8 Å². The van der Waals surface area contributed by atoms with Crippen LogP contribution in [0.1, 0.15) is 18.5 Å². The molecule has 1 aromatic rings. The maximum Gasteiger partial charge on any atom is 0.189 e. The summed E-state index contributed by atoms with van der Waals surface area (Å²) in [5, 5.41) is 11.1. The zero-order valence-corrected chi connectivity index (χ0v) is 9.96. The number of nitrogens with two attached hydrogens (primary N) is 1. The molecular formula is C10H18N6O. The third-order valence-corrected chi connectivity index (χ3v) is 2.59. The minimum atomic E-state index is 0.264. The van der Waals surface area contributed by atoms with E-state index in [1.165, 1.54) is 4.80 Å². The van der Waals surface area contributed by atoms with E-state index in [0.29, 0.717) is 12.5 Å². The number of hydrogen-bond acceptors (Lipinski definition) is 4. The molecule has 0 radical (unpaired) electrons. The van der Waals surface area contributed by atoms with Crippen LogP contribution in [0.3, 0.4) is 0 Å². The van der Waals surface area contributed by atoms with Crippen LogP contribution in [0, 0.1) is 0 Å². The van der Waals surface area contributed by atoms with E-state index in [9.17, 15) is 0 Å². The first kappa shape index (κ1) is 11.8. The average molecular weight is 238 g/mol. The fourth-order valence-corrected chi connectivity index (χ4v) is 1.71. The van der Waals surface area contributed by atoms with Crippen LogP contribution in [0.2, 0.25) is 0 Å². The number of aliphatic imine (C=N–C) groups is 1. The summed E-state index contributed by atoms with van der Waals surface area (Å²) < 4.78 is 5.47.